The third-order valence-electron chi connectivity index (χ3n) is 15.1. The van der Waals surface area contributed by atoms with Gasteiger partial charge in [-0.15, -0.1) is 0 Å². The van der Waals surface area contributed by atoms with Gasteiger partial charge in [0.15, 0.2) is 12.6 Å². The molecule has 0 aliphatic carbocycles. The molecule has 14 nitrogen and oxygen atoms in total. The second kappa shape index (κ2) is 54.3. The molecule has 2 aliphatic heterocycles. The molecule has 0 radical (unpaired) electrons. The van der Waals surface area contributed by atoms with Crippen LogP contribution in [0, 0.1) is 0 Å². The molecule has 2 heterocycles. The highest BCUT2D eigenvalue weighted by atomic mass is 16.7. The number of ether oxygens (including phenoxy) is 4. The van der Waals surface area contributed by atoms with Crippen LogP contribution >= 0.6 is 0 Å². The minimum absolute atomic E-state index is 0.232. The van der Waals surface area contributed by atoms with E-state index < -0.39 is 86.8 Å². The number of aliphatic hydroxyl groups is 8. The standard InChI is InChI=1S/C71H117NO13/c1-3-5-7-9-11-13-15-17-18-19-20-21-22-23-24-25-26-27-28-29-30-31-32-33-34-35-36-37-38-39-40-41-42-43-45-47-49-51-53-55-63(76)72-59(60(75)54-52-50-48-46-44-16-14-12-10-8-6-4-2)58-82-70-68(81)66(79)69(62(57-74)84-70)85-71-67(80)65(78)64(77)61(56-73)83-71/h5,7,11,13,17-18,20-21,23-24,26-27,29-30,32-33,35-36,38-39,41-42,59-62,64-71,73-75,77-81H,3-4,6,8-10,12,14-16,19,22,25,28,31,34,37,40,43-58H2,1-2H3,(H,72,76)/b7-5-,13-11-,18-17-,21-20-,24-23-,27-26-,30-29-,33-32-,36-35-,39-38-,42-41-. The Bertz CT molecular complexity index is 1940. The highest BCUT2D eigenvalue weighted by Crippen LogP contribution is 2.30. The van der Waals surface area contributed by atoms with Gasteiger partial charge in [0.05, 0.1) is 32.0 Å². The maximum Gasteiger partial charge on any atom is 0.220 e. The lowest BCUT2D eigenvalue weighted by molar-refractivity contribution is -0.359. The van der Waals surface area contributed by atoms with Crippen LogP contribution in [-0.4, -0.2) is 140 Å². The summed E-state index contributed by atoms with van der Waals surface area (Å²) in [6.07, 6.45) is 63.2. The summed E-state index contributed by atoms with van der Waals surface area (Å²) in [5, 5.41) is 87.2. The first kappa shape index (κ1) is 77.2. The molecule has 9 N–H and O–H groups in total. The van der Waals surface area contributed by atoms with Crippen molar-refractivity contribution in [2.45, 2.75) is 286 Å². The van der Waals surface area contributed by atoms with Crippen molar-refractivity contribution < 1.29 is 64.6 Å². The molecule has 2 fully saturated rings. The van der Waals surface area contributed by atoms with Gasteiger partial charge in [-0.1, -0.05) is 244 Å². The number of rotatable bonds is 51. The van der Waals surface area contributed by atoms with Crippen LogP contribution in [0.3, 0.4) is 0 Å². The molecule has 1 amide bonds. The van der Waals surface area contributed by atoms with Crippen LogP contribution in [0.25, 0.3) is 0 Å². The molecule has 2 rings (SSSR count). The molecular formula is C71H117NO13. The van der Waals surface area contributed by atoms with Gasteiger partial charge in [0.2, 0.25) is 5.91 Å². The molecule has 2 aliphatic rings. The fourth-order valence-corrected chi connectivity index (χ4v) is 9.89. The third-order valence-corrected chi connectivity index (χ3v) is 15.1. The Morgan fingerprint density at radius 3 is 1.25 bits per heavy atom. The van der Waals surface area contributed by atoms with E-state index in [1.807, 2.05) is 0 Å². The average molecular weight is 1190 g/mol. The van der Waals surface area contributed by atoms with Crippen molar-refractivity contribution in [2.75, 3.05) is 19.8 Å². The van der Waals surface area contributed by atoms with Crippen molar-refractivity contribution in [3.8, 4) is 0 Å². The van der Waals surface area contributed by atoms with Crippen molar-refractivity contribution in [3.63, 3.8) is 0 Å². The molecule has 0 saturated carbocycles. The summed E-state index contributed by atoms with van der Waals surface area (Å²) < 4.78 is 22.8. The van der Waals surface area contributed by atoms with Crippen LogP contribution in [0.1, 0.15) is 213 Å². The molecular weight excluding hydrogens is 1070 g/mol. The van der Waals surface area contributed by atoms with Gasteiger partial charge in [-0.25, -0.2) is 0 Å². The third kappa shape index (κ3) is 38.9. The molecule has 2 saturated heterocycles. The van der Waals surface area contributed by atoms with E-state index in [2.05, 4.69) is 153 Å². The fourth-order valence-electron chi connectivity index (χ4n) is 9.89. The second-order valence-electron chi connectivity index (χ2n) is 22.5. The molecule has 12 atom stereocenters. The summed E-state index contributed by atoms with van der Waals surface area (Å²) >= 11 is 0. The van der Waals surface area contributed by atoms with Crippen molar-refractivity contribution in [2.24, 2.45) is 0 Å². The van der Waals surface area contributed by atoms with Crippen LogP contribution in [0.5, 0.6) is 0 Å². The van der Waals surface area contributed by atoms with E-state index in [1.165, 1.54) is 51.4 Å². The van der Waals surface area contributed by atoms with Crippen molar-refractivity contribution in [3.05, 3.63) is 134 Å². The summed E-state index contributed by atoms with van der Waals surface area (Å²) in [6, 6.07) is -0.848. The number of hydrogen-bond acceptors (Lipinski definition) is 13. The number of amides is 1. The molecule has 12 unspecified atom stereocenters. The number of hydrogen-bond donors (Lipinski definition) is 9. The molecule has 0 bridgehead atoms. The first-order chi connectivity index (χ1) is 41.6. The van der Waals surface area contributed by atoms with E-state index in [1.54, 1.807) is 0 Å². The second-order valence-corrected chi connectivity index (χ2v) is 22.5. The molecule has 484 valence electrons. The predicted octanol–water partition coefficient (Wildman–Crippen LogP) is 12.7. The fraction of sp³-hybridized carbons (Fsp3) is 0.676. The Morgan fingerprint density at radius 2 is 0.812 bits per heavy atom. The zero-order valence-corrected chi connectivity index (χ0v) is 52.3. The molecule has 85 heavy (non-hydrogen) atoms. The van der Waals surface area contributed by atoms with E-state index >= 15 is 0 Å². The van der Waals surface area contributed by atoms with Crippen LogP contribution in [0.2, 0.25) is 0 Å². The van der Waals surface area contributed by atoms with Gasteiger partial charge < -0.3 is 65.1 Å². The Hall–Kier alpha value is -3.87. The van der Waals surface area contributed by atoms with Crippen LogP contribution < -0.4 is 5.32 Å². The minimum atomic E-state index is -1.79. The van der Waals surface area contributed by atoms with E-state index in [4.69, 9.17) is 18.9 Å². The molecule has 0 aromatic heterocycles. The summed E-state index contributed by atoms with van der Waals surface area (Å²) in [5.41, 5.74) is 0. The van der Waals surface area contributed by atoms with Gasteiger partial charge in [0.1, 0.15) is 48.8 Å². The summed E-state index contributed by atoms with van der Waals surface area (Å²) in [7, 11) is 0. The van der Waals surface area contributed by atoms with Crippen LogP contribution in [-0.2, 0) is 23.7 Å². The smallest absolute Gasteiger partial charge is 0.220 e. The lowest BCUT2D eigenvalue weighted by Crippen LogP contribution is -2.65. The van der Waals surface area contributed by atoms with Gasteiger partial charge in [-0.2, -0.15) is 0 Å². The van der Waals surface area contributed by atoms with E-state index in [-0.39, 0.29) is 18.9 Å². The topological polar surface area (TPSA) is 228 Å². The number of aliphatic hydroxyl groups excluding tert-OH is 8. The van der Waals surface area contributed by atoms with E-state index in [0.29, 0.717) is 12.8 Å². The molecule has 14 heteroatoms. The van der Waals surface area contributed by atoms with Crippen LogP contribution in [0.15, 0.2) is 134 Å². The summed E-state index contributed by atoms with van der Waals surface area (Å²) in [4.78, 5) is 13.3. The maximum absolute atomic E-state index is 13.3. The van der Waals surface area contributed by atoms with Gasteiger partial charge in [0.25, 0.3) is 0 Å². The lowest BCUT2D eigenvalue weighted by atomic mass is 9.97. The van der Waals surface area contributed by atoms with Gasteiger partial charge in [-0.05, 0) is 96.3 Å². The largest absolute Gasteiger partial charge is 0.394 e. The van der Waals surface area contributed by atoms with Crippen molar-refractivity contribution in [1.82, 2.24) is 5.32 Å². The normalized spacial score (nSPS) is 24.4. The molecule has 0 spiro atoms. The quantitative estimate of drug-likeness (QED) is 0.0204. The first-order valence-electron chi connectivity index (χ1n) is 32.9. The summed E-state index contributed by atoms with van der Waals surface area (Å²) in [6.45, 7) is 2.70. The predicted molar refractivity (Wildman–Crippen MR) is 345 cm³/mol. The number of unbranched alkanes of at least 4 members (excludes halogenated alkanes) is 16. The Morgan fingerprint density at radius 1 is 0.435 bits per heavy atom. The number of allylic oxidation sites excluding steroid dienone is 22. The highest BCUT2D eigenvalue weighted by Gasteiger charge is 2.51. The number of nitrogens with one attached hydrogen (secondary N) is 1. The first-order valence-corrected chi connectivity index (χ1v) is 32.9. The molecule has 0 aromatic rings. The summed E-state index contributed by atoms with van der Waals surface area (Å²) in [5.74, 6) is -0.232. The Balaban J connectivity index is 1.64. The average Bonchev–Trinajstić information content (AvgIpc) is 3.60. The van der Waals surface area contributed by atoms with Crippen molar-refractivity contribution >= 4 is 5.91 Å². The van der Waals surface area contributed by atoms with E-state index in [0.717, 1.165) is 128 Å². The Kier molecular flexibility index (Phi) is 49.3. The molecule has 0 aromatic carbocycles. The number of carbonyl (C=O) groups is 1. The lowest BCUT2D eigenvalue weighted by Gasteiger charge is -2.46. The zero-order chi connectivity index (χ0) is 61.6. The number of carbonyl (C=O) groups excluding carboxylic acids is 1. The SMILES string of the molecule is CC/C=C\C/C=C\C/C=C\C/C=C\C/C=C\C/C=C\C/C=C\C/C=C\C/C=C\C/C=C\C/C=C\CCCCCCCC(=O)NC(COC1OC(CO)C(OC2OC(CO)C(O)C(O)C2O)C(O)C1O)C(O)CCCCCCCCCCCCCC. The minimum Gasteiger partial charge on any atom is -0.394 e. The van der Waals surface area contributed by atoms with Crippen molar-refractivity contribution in [1.29, 1.82) is 0 Å². The van der Waals surface area contributed by atoms with Crippen LogP contribution in [0.4, 0.5) is 0 Å². The maximum atomic E-state index is 13.3. The van der Waals surface area contributed by atoms with E-state index in [9.17, 15) is 45.6 Å². The van der Waals surface area contributed by atoms with Gasteiger partial charge in [0, 0.05) is 6.42 Å². The monoisotopic (exact) mass is 1190 g/mol. The van der Waals surface area contributed by atoms with Gasteiger partial charge in [-0.3, -0.25) is 4.79 Å². The Labute approximate surface area is 513 Å². The highest BCUT2D eigenvalue weighted by molar-refractivity contribution is 5.76. The van der Waals surface area contributed by atoms with Gasteiger partial charge >= 0.3 is 0 Å². The zero-order valence-electron chi connectivity index (χ0n) is 52.3.